The molecule has 0 atom stereocenters. The molecule has 3 aromatic rings. The van der Waals surface area contributed by atoms with Crippen LogP contribution in [0.3, 0.4) is 0 Å². The molecule has 1 saturated carbocycles. The van der Waals surface area contributed by atoms with E-state index in [0.717, 1.165) is 49.3 Å². The number of carboxylic acid groups (broad SMARTS) is 1. The van der Waals surface area contributed by atoms with Crippen LogP contribution in [0.15, 0.2) is 60.7 Å². The Morgan fingerprint density at radius 1 is 1.05 bits per heavy atom. The summed E-state index contributed by atoms with van der Waals surface area (Å²) in [6.45, 7) is 8.72. The van der Waals surface area contributed by atoms with Crippen LogP contribution in [0.25, 0.3) is 0 Å². The number of amides is 1. The number of ether oxygens (including phenoxy) is 1. The lowest BCUT2D eigenvalue weighted by Crippen LogP contribution is -2.60. The van der Waals surface area contributed by atoms with Gasteiger partial charge in [0.15, 0.2) is 0 Å². The zero-order valence-corrected chi connectivity index (χ0v) is 23.6. The van der Waals surface area contributed by atoms with Crippen LogP contribution >= 0.6 is 0 Å². The van der Waals surface area contributed by atoms with Gasteiger partial charge in [-0.25, -0.2) is 9.78 Å². The number of benzene rings is 2. The summed E-state index contributed by atoms with van der Waals surface area (Å²) >= 11 is 0. The molecule has 2 fully saturated rings. The summed E-state index contributed by atoms with van der Waals surface area (Å²) in [5.41, 5.74) is 2.10. The Balaban J connectivity index is 1.37. The first kappa shape index (κ1) is 28.2. The van der Waals surface area contributed by atoms with Gasteiger partial charge in [0.25, 0.3) is 0 Å². The number of nitrogens with zero attached hydrogens (tertiary/aromatic N) is 4. The minimum Gasteiger partial charge on any atom is -0.465 e. The molecule has 3 N–H and O–H groups in total. The third-order valence-electron chi connectivity index (χ3n) is 7.72. The molecule has 216 valence electrons. The van der Waals surface area contributed by atoms with Gasteiger partial charge in [-0.1, -0.05) is 18.2 Å². The largest absolute Gasteiger partial charge is 0.465 e. The molecule has 2 aromatic carbocycles. The van der Waals surface area contributed by atoms with Crippen LogP contribution < -0.4 is 15.5 Å². The van der Waals surface area contributed by atoms with E-state index in [1.54, 1.807) is 11.0 Å². The highest BCUT2D eigenvalue weighted by Gasteiger charge is 2.50. The van der Waals surface area contributed by atoms with Gasteiger partial charge in [-0.15, -0.1) is 0 Å². The maximum atomic E-state index is 12.3. The molecule has 11 nitrogen and oxygen atoms in total. The summed E-state index contributed by atoms with van der Waals surface area (Å²) in [6, 6.07) is 18.4. The SMILES string of the molecule is CC(C)(C)N(C(=O)O)C1(c2ccc(Nc3nc(Nc4cccc(N5CCOCC5)c4)ccc3[N+](=O)[O-])cc2)CCC1. The second kappa shape index (κ2) is 11.2. The molecule has 41 heavy (non-hydrogen) atoms. The average Bonchev–Trinajstić information content (AvgIpc) is 2.91. The van der Waals surface area contributed by atoms with Crippen LogP contribution in [0.4, 0.5) is 39.2 Å². The van der Waals surface area contributed by atoms with Gasteiger partial charge in [0, 0.05) is 41.8 Å². The molecule has 2 aliphatic rings. The molecule has 1 aliphatic carbocycles. The molecule has 1 aliphatic heterocycles. The van der Waals surface area contributed by atoms with Gasteiger partial charge in [0.05, 0.1) is 23.7 Å². The highest BCUT2D eigenvalue weighted by atomic mass is 16.6. The van der Waals surface area contributed by atoms with Gasteiger partial charge in [0.2, 0.25) is 5.82 Å². The molecule has 0 bridgehead atoms. The normalized spacial score (nSPS) is 16.4. The molecular weight excluding hydrogens is 524 g/mol. The fourth-order valence-electron chi connectivity index (χ4n) is 5.78. The maximum Gasteiger partial charge on any atom is 0.408 e. The first-order valence-corrected chi connectivity index (χ1v) is 13.8. The molecule has 2 heterocycles. The molecule has 0 unspecified atom stereocenters. The number of nitrogens with one attached hydrogen (secondary N) is 2. The van der Waals surface area contributed by atoms with E-state index < -0.39 is 22.1 Å². The predicted octanol–water partition coefficient (Wildman–Crippen LogP) is 6.47. The monoisotopic (exact) mass is 560 g/mol. The zero-order chi connectivity index (χ0) is 29.2. The van der Waals surface area contributed by atoms with Gasteiger partial charge in [-0.3, -0.25) is 15.0 Å². The average molecular weight is 561 g/mol. The van der Waals surface area contributed by atoms with Crippen molar-refractivity contribution in [2.45, 2.75) is 51.1 Å². The summed E-state index contributed by atoms with van der Waals surface area (Å²) in [4.78, 5) is 31.9. The maximum absolute atomic E-state index is 12.3. The van der Waals surface area contributed by atoms with Crippen molar-refractivity contribution in [3.05, 3.63) is 76.3 Å². The number of hydrogen-bond acceptors (Lipinski definition) is 8. The van der Waals surface area contributed by atoms with Crippen LogP contribution in [0.2, 0.25) is 0 Å². The number of nitro groups is 1. The summed E-state index contributed by atoms with van der Waals surface area (Å²) in [5.74, 6) is 0.571. The van der Waals surface area contributed by atoms with Crippen LogP contribution in [-0.2, 0) is 10.3 Å². The van der Waals surface area contributed by atoms with Crippen molar-refractivity contribution in [1.82, 2.24) is 9.88 Å². The van der Waals surface area contributed by atoms with E-state index in [-0.39, 0.29) is 11.5 Å². The fraction of sp³-hybridized carbons (Fsp3) is 0.400. The molecule has 11 heteroatoms. The molecule has 1 saturated heterocycles. The lowest BCUT2D eigenvalue weighted by molar-refractivity contribution is -0.384. The van der Waals surface area contributed by atoms with E-state index in [1.807, 2.05) is 69.3 Å². The van der Waals surface area contributed by atoms with Crippen molar-refractivity contribution in [3.8, 4) is 0 Å². The highest BCUT2D eigenvalue weighted by molar-refractivity contribution is 5.71. The van der Waals surface area contributed by atoms with Crippen molar-refractivity contribution in [1.29, 1.82) is 0 Å². The summed E-state index contributed by atoms with van der Waals surface area (Å²) < 4.78 is 5.45. The number of pyridine rings is 1. The minimum atomic E-state index is -0.945. The van der Waals surface area contributed by atoms with E-state index in [9.17, 15) is 20.0 Å². The van der Waals surface area contributed by atoms with Gasteiger partial charge in [-0.05, 0) is 82.0 Å². The predicted molar refractivity (Wildman–Crippen MR) is 159 cm³/mol. The van der Waals surface area contributed by atoms with E-state index in [4.69, 9.17) is 4.74 Å². The van der Waals surface area contributed by atoms with Crippen molar-refractivity contribution in [2.24, 2.45) is 0 Å². The van der Waals surface area contributed by atoms with E-state index in [1.165, 1.54) is 6.07 Å². The first-order valence-electron chi connectivity index (χ1n) is 13.8. The second-order valence-corrected chi connectivity index (χ2v) is 11.5. The third-order valence-corrected chi connectivity index (χ3v) is 7.72. The highest BCUT2D eigenvalue weighted by Crippen LogP contribution is 2.49. The fourth-order valence-corrected chi connectivity index (χ4v) is 5.78. The Hall–Kier alpha value is -4.38. The van der Waals surface area contributed by atoms with E-state index in [0.29, 0.717) is 24.7 Å². The van der Waals surface area contributed by atoms with Gasteiger partial charge >= 0.3 is 11.8 Å². The first-order chi connectivity index (χ1) is 19.6. The standard InChI is InChI=1S/C30H36N6O5/c1-29(2,3)35(28(37)38)30(14-5-15-30)21-8-10-22(11-9-21)32-27-25(36(39)40)12-13-26(33-27)31-23-6-4-7-24(20-23)34-16-18-41-19-17-34/h4,6-13,20H,5,14-19H2,1-3H3,(H,37,38)(H2,31,32,33). The van der Waals surface area contributed by atoms with Gasteiger partial charge in [-0.2, -0.15) is 0 Å². The van der Waals surface area contributed by atoms with Crippen LogP contribution in [0.5, 0.6) is 0 Å². The van der Waals surface area contributed by atoms with Gasteiger partial charge in [0.1, 0.15) is 5.82 Å². The summed E-state index contributed by atoms with van der Waals surface area (Å²) in [6.07, 6.45) is 1.50. The van der Waals surface area contributed by atoms with Crippen molar-refractivity contribution in [3.63, 3.8) is 0 Å². The quantitative estimate of drug-likeness (QED) is 0.209. The van der Waals surface area contributed by atoms with E-state index in [2.05, 4.69) is 20.5 Å². The Labute approximate surface area is 239 Å². The van der Waals surface area contributed by atoms with Crippen molar-refractivity contribution >= 4 is 40.5 Å². The summed E-state index contributed by atoms with van der Waals surface area (Å²) in [5, 5.41) is 28.2. The number of hydrogen-bond donors (Lipinski definition) is 3. The number of rotatable bonds is 8. The third kappa shape index (κ3) is 5.90. The lowest BCUT2D eigenvalue weighted by Gasteiger charge is -2.54. The van der Waals surface area contributed by atoms with E-state index >= 15 is 0 Å². The minimum absolute atomic E-state index is 0.109. The lowest BCUT2D eigenvalue weighted by atomic mass is 9.69. The Kier molecular flexibility index (Phi) is 7.72. The molecule has 1 amide bonds. The topological polar surface area (TPSA) is 133 Å². The molecule has 5 rings (SSSR count). The number of anilines is 5. The van der Waals surface area contributed by atoms with Crippen LogP contribution in [0, 0.1) is 10.1 Å². The number of aromatic nitrogens is 1. The smallest absolute Gasteiger partial charge is 0.408 e. The zero-order valence-electron chi connectivity index (χ0n) is 23.6. The second-order valence-electron chi connectivity index (χ2n) is 11.5. The van der Waals surface area contributed by atoms with Crippen LogP contribution in [0.1, 0.15) is 45.6 Å². The Bertz CT molecular complexity index is 1410. The molecule has 0 spiro atoms. The summed E-state index contributed by atoms with van der Waals surface area (Å²) in [7, 11) is 0. The Morgan fingerprint density at radius 2 is 1.76 bits per heavy atom. The van der Waals surface area contributed by atoms with Crippen molar-refractivity contribution in [2.75, 3.05) is 41.8 Å². The number of carbonyl (C=O) groups is 1. The van der Waals surface area contributed by atoms with Gasteiger partial charge < -0.3 is 25.4 Å². The Morgan fingerprint density at radius 3 is 2.34 bits per heavy atom. The van der Waals surface area contributed by atoms with Crippen molar-refractivity contribution < 1.29 is 19.6 Å². The van der Waals surface area contributed by atoms with Crippen LogP contribution in [-0.4, -0.2) is 57.8 Å². The number of morpholine rings is 1. The molecule has 0 radical (unpaired) electrons. The molecule has 1 aromatic heterocycles. The molecular formula is C30H36N6O5.